The Bertz CT molecular complexity index is 2540. The summed E-state index contributed by atoms with van der Waals surface area (Å²) in [4.78, 5) is 50.3. The number of fused-ring (bicyclic) bond motifs is 4. The fourth-order valence-electron chi connectivity index (χ4n) is 6.51. The molecule has 0 spiro atoms. The zero-order valence-electron chi connectivity index (χ0n) is 27.1. The molecule has 1 aliphatic rings. The van der Waals surface area contributed by atoms with E-state index in [0.717, 1.165) is 87.8 Å². The van der Waals surface area contributed by atoms with Crippen LogP contribution in [0.3, 0.4) is 0 Å². The zero-order chi connectivity index (χ0) is 35.3. The molecule has 8 aromatic rings. The SMILES string of the molecule is O=Cc1ccc(-c2cc3c(s2)=c2sc(-c4ccc(C=O)cc4)cc2=c2cc(-c4ccc(C=O)cc4)sc2=c2sc(-c4ccc(C=O)cc4)cc2=3)cc1. The molecule has 8 heteroatoms. The fourth-order valence-corrected chi connectivity index (χ4v) is 11.5. The molecule has 9 rings (SSSR count). The fraction of sp³-hybridized carbons (Fsp3) is 0. The lowest BCUT2D eigenvalue weighted by Crippen LogP contribution is -1.79. The van der Waals surface area contributed by atoms with E-state index in [1.54, 1.807) is 45.3 Å². The van der Waals surface area contributed by atoms with Gasteiger partial charge in [-0.2, -0.15) is 0 Å². The van der Waals surface area contributed by atoms with Crippen molar-refractivity contribution in [3.05, 3.63) is 183 Å². The van der Waals surface area contributed by atoms with Crippen LogP contribution in [0.2, 0.25) is 0 Å². The van der Waals surface area contributed by atoms with Crippen LogP contribution in [0.15, 0.2) is 121 Å². The van der Waals surface area contributed by atoms with E-state index in [1.165, 1.54) is 18.1 Å². The lowest BCUT2D eigenvalue weighted by Gasteiger charge is -1.96. The summed E-state index contributed by atoms with van der Waals surface area (Å²) in [7, 11) is 0. The van der Waals surface area contributed by atoms with Gasteiger partial charge in [0.05, 0.1) is 18.1 Å². The molecular weight excluding hydrogens is 721 g/mol. The summed E-state index contributed by atoms with van der Waals surface area (Å²) < 4.78 is 4.67. The Hall–Kier alpha value is -5.64. The number of thiophene rings is 4. The second kappa shape index (κ2) is 13.2. The molecule has 248 valence electrons. The third kappa shape index (κ3) is 5.57. The Labute approximate surface area is 312 Å². The molecule has 0 atom stereocenters. The summed E-state index contributed by atoms with van der Waals surface area (Å²) in [5.41, 5.74) is 6.72. The van der Waals surface area contributed by atoms with Crippen LogP contribution >= 0.6 is 45.3 Å². The van der Waals surface area contributed by atoms with Crippen molar-refractivity contribution < 1.29 is 19.2 Å². The molecule has 0 bridgehead atoms. The molecule has 52 heavy (non-hydrogen) atoms. The van der Waals surface area contributed by atoms with Gasteiger partial charge in [-0.15, -0.1) is 45.3 Å². The average Bonchev–Trinajstić information content (AvgIpc) is 4.02. The molecule has 0 saturated carbocycles. The first kappa shape index (κ1) is 32.3. The molecule has 1 aliphatic carbocycles. The number of carbonyl (C=O) groups is 4. The Balaban J connectivity index is 1.46. The van der Waals surface area contributed by atoms with Gasteiger partial charge >= 0.3 is 0 Å². The van der Waals surface area contributed by atoms with Gasteiger partial charge in [0.2, 0.25) is 0 Å². The first-order valence-corrected chi connectivity index (χ1v) is 19.6. The lowest BCUT2D eigenvalue weighted by molar-refractivity contribution is 0.111. The summed E-state index contributed by atoms with van der Waals surface area (Å²) in [6.45, 7) is 0. The van der Waals surface area contributed by atoms with Crippen molar-refractivity contribution in [2.24, 2.45) is 0 Å². The van der Waals surface area contributed by atoms with Crippen LogP contribution in [0.25, 0.3) is 41.8 Å². The Kier molecular flexibility index (Phi) is 8.17. The van der Waals surface area contributed by atoms with Crippen molar-refractivity contribution in [2.45, 2.75) is 0 Å². The van der Waals surface area contributed by atoms with Crippen LogP contribution in [0.5, 0.6) is 0 Å². The number of hydrogen-bond donors (Lipinski definition) is 0. The summed E-state index contributed by atoms with van der Waals surface area (Å²) in [5.74, 6) is 0. The van der Waals surface area contributed by atoms with Crippen LogP contribution in [-0.2, 0) is 0 Å². The molecule has 0 amide bonds. The number of rotatable bonds is 8. The maximum Gasteiger partial charge on any atom is 0.150 e. The minimum atomic E-state index is 0.635. The highest BCUT2D eigenvalue weighted by Crippen LogP contribution is 2.38. The molecule has 4 heterocycles. The predicted molar refractivity (Wildman–Crippen MR) is 211 cm³/mol. The van der Waals surface area contributed by atoms with Gasteiger partial charge in [-0.05, 0) is 46.5 Å². The monoisotopic (exact) mass is 744 g/mol. The highest BCUT2D eigenvalue weighted by Gasteiger charge is 2.15. The van der Waals surface area contributed by atoms with Crippen molar-refractivity contribution >= 4 is 70.5 Å². The Morgan fingerprint density at radius 1 is 0.288 bits per heavy atom. The van der Waals surface area contributed by atoms with E-state index >= 15 is 0 Å². The topological polar surface area (TPSA) is 68.3 Å². The van der Waals surface area contributed by atoms with Crippen molar-refractivity contribution in [1.82, 2.24) is 0 Å². The van der Waals surface area contributed by atoms with Crippen molar-refractivity contribution in [2.75, 3.05) is 0 Å². The second-order valence-corrected chi connectivity index (χ2v) is 16.6. The van der Waals surface area contributed by atoms with Gasteiger partial charge in [-0.25, -0.2) is 0 Å². The number of carbonyl (C=O) groups excluding carboxylic acids is 4. The molecule has 4 nitrogen and oxygen atoms in total. The quantitative estimate of drug-likeness (QED) is 0.145. The Morgan fingerprint density at radius 3 is 0.654 bits per heavy atom. The molecule has 4 aromatic heterocycles. The third-order valence-corrected chi connectivity index (χ3v) is 14.3. The number of hydrogen-bond acceptors (Lipinski definition) is 8. The van der Waals surface area contributed by atoms with E-state index in [2.05, 4.69) is 24.3 Å². The van der Waals surface area contributed by atoms with Gasteiger partial charge in [0.15, 0.2) is 0 Å². The van der Waals surface area contributed by atoms with E-state index in [4.69, 9.17) is 0 Å². The molecule has 0 aliphatic heterocycles. The van der Waals surface area contributed by atoms with Crippen LogP contribution in [0.1, 0.15) is 41.4 Å². The van der Waals surface area contributed by atoms with Crippen LogP contribution in [0.4, 0.5) is 0 Å². The van der Waals surface area contributed by atoms with Crippen LogP contribution < -0.4 is 0 Å². The maximum atomic E-state index is 11.5. The largest absolute Gasteiger partial charge is 0.298 e. The zero-order valence-corrected chi connectivity index (χ0v) is 30.4. The summed E-state index contributed by atoms with van der Waals surface area (Å²) in [5, 5.41) is 4.57. The van der Waals surface area contributed by atoms with Gasteiger partial charge in [0.25, 0.3) is 0 Å². The average molecular weight is 745 g/mol. The normalized spacial score (nSPS) is 11.4. The molecule has 0 radical (unpaired) electrons. The van der Waals surface area contributed by atoms with Gasteiger partial charge in [0, 0.05) is 62.6 Å². The Morgan fingerprint density at radius 2 is 0.481 bits per heavy atom. The highest BCUT2D eigenvalue weighted by atomic mass is 32.1. The smallest absolute Gasteiger partial charge is 0.150 e. The number of benzene rings is 4. The van der Waals surface area contributed by atoms with Gasteiger partial charge in [0.1, 0.15) is 25.1 Å². The lowest BCUT2D eigenvalue weighted by atomic mass is 10.1. The summed E-state index contributed by atoms with van der Waals surface area (Å²) >= 11 is 7.00. The highest BCUT2D eigenvalue weighted by molar-refractivity contribution is 7.18. The second-order valence-electron chi connectivity index (χ2n) is 12.4. The molecule has 0 unspecified atom stereocenters. The van der Waals surface area contributed by atoms with Gasteiger partial charge in [-0.3, -0.25) is 19.2 Å². The third-order valence-electron chi connectivity index (χ3n) is 9.25. The summed E-state index contributed by atoms with van der Waals surface area (Å²) in [6, 6.07) is 40.0. The molecule has 4 aromatic carbocycles. The number of aldehydes is 4. The van der Waals surface area contributed by atoms with Gasteiger partial charge in [-0.1, -0.05) is 97.1 Å². The predicted octanol–water partition coefficient (Wildman–Crippen LogP) is 11.3. The summed E-state index contributed by atoms with van der Waals surface area (Å²) in [6.07, 6.45) is 3.46. The van der Waals surface area contributed by atoms with E-state index in [-0.39, 0.29) is 0 Å². The van der Waals surface area contributed by atoms with Crippen LogP contribution in [-0.4, -0.2) is 25.1 Å². The minimum absolute atomic E-state index is 0.635. The first-order valence-electron chi connectivity index (χ1n) is 16.3. The molecule has 0 N–H and O–H groups in total. The molecule has 0 saturated heterocycles. The minimum Gasteiger partial charge on any atom is -0.298 e. The van der Waals surface area contributed by atoms with Gasteiger partial charge < -0.3 is 0 Å². The van der Waals surface area contributed by atoms with Crippen molar-refractivity contribution in [3.63, 3.8) is 0 Å². The molecular formula is C44H24O4S4. The van der Waals surface area contributed by atoms with Crippen molar-refractivity contribution in [1.29, 1.82) is 0 Å². The van der Waals surface area contributed by atoms with Crippen molar-refractivity contribution in [3.8, 4) is 41.8 Å². The van der Waals surface area contributed by atoms with E-state index < -0.39 is 0 Å². The standard InChI is InChI=1S/C44H24O4S4/c45-21-25-1-9-29(10-2-25)37-17-33-34-18-38(30-11-3-26(22-46)4-12-30)51-43(34)44-36(20-40(52-44)32-15-7-28(24-48)8-16-32)35-19-39(50-42(35)41(33)49-37)31-13-5-27(23-47)6-14-31/h1-24H. The van der Waals surface area contributed by atoms with Crippen LogP contribution in [0, 0.1) is 39.0 Å². The first-order chi connectivity index (χ1) is 25.5. The van der Waals surface area contributed by atoms with E-state index in [9.17, 15) is 19.2 Å². The maximum absolute atomic E-state index is 11.5. The van der Waals surface area contributed by atoms with E-state index in [0.29, 0.717) is 22.3 Å². The molecule has 0 fully saturated rings. The van der Waals surface area contributed by atoms with E-state index in [1.807, 2.05) is 97.1 Å².